The molecule has 0 unspecified atom stereocenters. The molecule has 1 saturated heterocycles. The molecule has 8 heteroatoms. The standard InChI is InChI=1S/C17H34N4O3S/c1-3-17(7-5-6-8-17)15-20-16(18-4-2)19-9-14-25(22,23)21-10-12-24-13-11-21/h3-15H2,1-2H3,(H2,18,19,20). The summed E-state index contributed by atoms with van der Waals surface area (Å²) >= 11 is 0. The van der Waals surface area contributed by atoms with E-state index >= 15 is 0 Å². The Bertz CT molecular complexity index is 524. The van der Waals surface area contributed by atoms with Crippen LogP contribution < -0.4 is 10.6 Å². The Morgan fingerprint density at radius 1 is 1.16 bits per heavy atom. The van der Waals surface area contributed by atoms with Crippen LogP contribution in [0.25, 0.3) is 0 Å². The molecule has 2 N–H and O–H groups in total. The number of ether oxygens (including phenoxy) is 1. The first kappa shape index (κ1) is 20.5. The minimum atomic E-state index is -3.23. The summed E-state index contributed by atoms with van der Waals surface area (Å²) in [6, 6.07) is 0. The molecule has 2 fully saturated rings. The van der Waals surface area contributed by atoms with E-state index in [4.69, 9.17) is 9.73 Å². The number of rotatable bonds is 8. The Morgan fingerprint density at radius 2 is 1.84 bits per heavy atom. The molecule has 1 saturated carbocycles. The third-order valence-electron chi connectivity index (χ3n) is 5.35. The van der Waals surface area contributed by atoms with Gasteiger partial charge in [0.1, 0.15) is 0 Å². The molecule has 2 rings (SSSR count). The molecule has 0 aromatic heterocycles. The topological polar surface area (TPSA) is 83.0 Å². The van der Waals surface area contributed by atoms with Crippen molar-refractivity contribution in [2.24, 2.45) is 10.4 Å². The van der Waals surface area contributed by atoms with E-state index in [1.165, 1.54) is 30.0 Å². The largest absolute Gasteiger partial charge is 0.379 e. The van der Waals surface area contributed by atoms with E-state index in [9.17, 15) is 8.42 Å². The predicted octanol–water partition coefficient (Wildman–Crippen LogP) is 1.17. The molecule has 0 spiro atoms. The molecule has 0 atom stereocenters. The van der Waals surface area contributed by atoms with Crippen molar-refractivity contribution < 1.29 is 13.2 Å². The van der Waals surface area contributed by atoms with Crippen LogP contribution >= 0.6 is 0 Å². The van der Waals surface area contributed by atoms with Gasteiger partial charge in [0.2, 0.25) is 10.0 Å². The van der Waals surface area contributed by atoms with Crippen molar-refractivity contribution in [2.75, 3.05) is 51.7 Å². The van der Waals surface area contributed by atoms with E-state index in [2.05, 4.69) is 17.6 Å². The Hall–Kier alpha value is -0.860. The highest BCUT2D eigenvalue weighted by molar-refractivity contribution is 7.89. The molecular weight excluding hydrogens is 340 g/mol. The number of morpholine rings is 1. The van der Waals surface area contributed by atoms with Crippen molar-refractivity contribution >= 4 is 16.0 Å². The highest BCUT2D eigenvalue weighted by atomic mass is 32.2. The number of hydrogen-bond acceptors (Lipinski definition) is 4. The Morgan fingerprint density at radius 3 is 2.44 bits per heavy atom. The summed E-state index contributed by atoms with van der Waals surface area (Å²) in [6.45, 7) is 8.08. The smallest absolute Gasteiger partial charge is 0.215 e. The fourth-order valence-corrected chi connectivity index (χ4v) is 4.91. The number of guanidine groups is 1. The van der Waals surface area contributed by atoms with Crippen molar-refractivity contribution in [3.8, 4) is 0 Å². The lowest BCUT2D eigenvalue weighted by molar-refractivity contribution is 0.0730. The Balaban J connectivity index is 1.85. The molecule has 0 amide bonds. The number of aliphatic imine (C=N–C) groups is 1. The van der Waals surface area contributed by atoms with Gasteiger partial charge in [-0.1, -0.05) is 19.8 Å². The van der Waals surface area contributed by atoms with Gasteiger partial charge in [0.05, 0.1) is 19.0 Å². The van der Waals surface area contributed by atoms with Crippen LogP contribution in [0.3, 0.4) is 0 Å². The van der Waals surface area contributed by atoms with Gasteiger partial charge in [-0.25, -0.2) is 8.42 Å². The third kappa shape index (κ3) is 6.11. The highest BCUT2D eigenvalue weighted by Crippen LogP contribution is 2.41. The van der Waals surface area contributed by atoms with Crippen LogP contribution in [-0.4, -0.2) is 70.4 Å². The zero-order valence-corrected chi connectivity index (χ0v) is 16.5. The van der Waals surface area contributed by atoms with E-state index in [0.717, 1.165) is 25.5 Å². The first-order chi connectivity index (χ1) is 12.0. The van der Waals surface area contributed by atoms with Gasteiger partial charge in [0.15, 0.2) is 5.96 Å². The first-order valence-corrected chi connectivity index (χ1v) is 11.2. The molecule has 0 aromatic carbocycles. The van der Waals surface area contributed by atoms with Crippen molar-refractivity contribution in [3.05, 3.63) is 0 Å². The van der Waals surface area contributed by atoms with Crippen LogP contribution in [0.5, 0.6) is 0 Å². The van der Waals surface area contributed by atoms with Gasteiger partial charge in [-0.05, 0) is 31.6 Å². The minimum Gasteiger partial charge on any atom is -0.379 e. The lowest BCUT2D eigenvalue weighted by atomic mass is 9.84. The lowest BCUT2D eigenvalue weighted by Crippen LogP contribution is -2.45. The molecule has 0 radical (unpaired) electrons. The molecule has 1 aliphatic carbocycles. The molecule has 0 aromatic rings. The first-order valence-electron chi connectivity index (χ1n) is 9.59. The summed E-state index contributed by atoms with van der Waals surface area (Å²) in [7, 11) is -3.23. The van der Waals surface area contributed by atoms with Gasteiger partial charge in [0, 0.05) is 32.7 Å². The molecule has 1 heterocycles. The summed E-state index contributed by atoms with van der Waals surface area (Å²) in [5.74, 6) is 0.801. The van der Waals surface area contributed by atoms with E-state index in [-0.39, 0.29) is 5.75 Å². The number of nitrogens with zero attached hydrogens (tertiary/aromatic N) is 2. The maximum absolute atomic E-state index is 12.4. The molecule has 1 aliphatic heterocycles. The monoisotopic (exact) mass is 374 g/mol. The molecule has 0 bridgehead atoms. The predicted molar refractivity (Wildman–Crippen MR) is 101 cm³/mol. The average Bonchev–Trinajstić information content (AvgIpc) is 3.10. The second-order valence-corrected chi connectivity index (χ2v) is 9.10. The number of nitrogens with one attached hydrogen (secondary N) is 2. The van der Waals surface area contributed by atoms with Gasteiger partial charge < -0.3 is 15.4 Å². The number of hydrogen-bond donors (Lipinski definition) is 2. The van der Waals surface area contributed by atoms with Crippen molar-refractivity contribution in [1.29, 1.82) is 0 Å². The SMILES string of the molecule is CCNC(=NCC1(CC)CCCC1)NCCS(=O)(=O)N1CCOCC1. The van der Waals surface area contributed by atoms with Crippen LogP contribution in [0.4, 0.5) is 0 Å². The lowest BCUT2D eigenvalue weighted by Gasteiger charge is -2.27. The van der Waals surface area contributed by atoms with Crippen LogP contribution in [0.2, 0.25) is 0 Å². The zero-order valence-electron chi connectivity index (χ0n) is 15.7. The van der Waals surface area contributed by atoms with Gasteiger partial charge in [-0.2, -0.15) is 4.31 Å². The van der Waals surface area contributed by atoms with Crippen molar-refractivity contribution in [2.45, 2.75) is 46.0 Å². The summed E-state index contributed by atoms with van der Waals surface area (Å²) < 4.78 is 31.5. The van der Waals surface area contributed by atoms with Gasteiger partial charge >= 0.3 is 0 Å². The van der Waals surface area contributed by atoms with Crippen molar-refractivity contribution in [3.63, 3.8) is 0 Å². The maximum Gasteiger partial charge on any atom is 0.215 e. The zero-order chi connectivity index (χ0) is 18.2. The molecular formula is C17H34N4O3S. The van der Waals surface area contributed by atoms with Crippen LogP contribution in [0, 0.1) is 5.41 Å². The van der Waals surface area contributed by atoms with Crippen molar-refractivity contribution in [1.82, 2.24) is 14.9 Å². The molecule has 7 nitrogen and oxygen atoms in total. The second-order valence-electron chi connectivity index (χ2n) is 7.01. The summed E-state index contributed by atoms with van der Waals surface area (Å²) in [6.07, 6.45) is 6.24. The van der Waals surface area contributed by atoms with Crippen LogP contribution in [-0.2, 0) is 14.8 Å². The van der Waals surface area contributed by atoms with Crippen LogP contribution in [0.15, 0.2) is 4.99 Å². The number of sulfonamides is 1. The van der Waals surface area contributed by atoms with Gasteiger partial charge in [0.25, 0.3) is 0 Å². The normalized spacial score (nSPS) is 22.1. The minimum absolute atomic E-state index is 0.0797. The quantitative estimate of drug-likeness (QED) is 0.492. The Labute approximate surface area is 152 Å². The summed E-state index contributed by atoms with van der Waals surface area (Å²) in [5, 5.41) is 6.41. The fraction of sp³-hybridized carbons (Fsp3) is 0.941. The maximum atomic E-state index is 12.4. The molecule has 25 heavy (non-hydrogen) atoms. The van der Waals surface area contributed by atoms with Gasteiger partial charge in [-0.15, -0.1) is 0 Å². The molecule has 2 aliphatic rings. The van der Waals surface area contributed by atoms with E-state index < -0.39 is 10.0 Å². The Kier molecular flexibility index (Phi) is 7.96. The summed E-state index contributed by atoms with van der Waals surface area (Å²) in [5.41, 5.74) is 0.336. The van der Waals surface area contributed by atoms with E-state index in [0.29, 0.717) is 38.3 Å². The van der Waals surface area contributed by atoms with Gasteiger partial charge in [-0.3, -0.25) is 4.99 Å². The fourth-order valence-electron chi connectivity index (χ4n) is 3.59. The van der Waals surface area contributed by atoms with E-state index in [1.54, 1.807) is 0 Å². The average molecular weight is 375 g/mol. The summed E-state index contributed by atoms with van der Waals surface area (Å²) in [4.78, 5) is 4.74. The molecule has 146 valence electrons. The van der Waals surface area contributed by atoms with E-state index in [1.807, 2.05) is 6.92 Å². The third-order valence-corrected chi connectivity index (χ3v) is 7.22. The van der Waals surface area contributed by atoms with Crippen LogP contribution in [0.1, 0.15) is 46.0 Å². The highest BCUT2D eigenvalue weighted by Gasteiger charge is 2.31. The second kappa shape index (κ2) is 9.73.